The Kier molecular flexibility index (Phi) is 1.54. The van der Waals surface area contributed by atoms with E-state index in [1.807, 2.05) is 0 Å². The van der Waals surface area contributed by atoms with Crippen LogP contribution in [0, 0.1) is 5.92 Å². The highest BCUT2D eigenvalue weighted by Gasteiger charge is 2.46. The van der Waals surface area contributed by atoms with Crippen molar-refractivity contribution in [2.24, 2.45) is 5.92 Å². The van der Waals surface area contributed by atoms with Gasteiger partial charge in [0.1, 0.15) is 0 Å². The largest absolute Gasteiger partial charge is 0.369 e. The first-order chi connectivity index (χ1) is 4.42. The van der Waals surface area contributed by atoms with Crippen molar-refractivity contribution in [3.8, 4) is 0 Å². The second-order valence-corrected chi connectivity index (χ2v) is 3.63. The first-order valence-electron chi connectivity index (χ1n) is 3.63. The summed E-state index contributed by atoms with van der Waals surface area (Å²) in [5.41, 5.74) is 0. The molecular formula is C7H11BrO. The van der Waals surface area contributed by atoms with Crippen LogP contribution in [0.1, 0.15) is 19.3 Å². The lowest BCUT2D eigenvalue weighted by Gasteiger charge is -2.13. The van der Waals surface area contributed by atoms with Crippen LogP contribution < -0.4 is 0 Å². The minimum Gasteiger partial charge on any atom is -0.369 e. The lowest BCUT2D eigenvalue weighted by molar-refractivity contribution is 0.339. The van der Waals surface area contributed by atoms with E-state index in [2.05, 4.69) is 15.9 Å². The van der Waals surface area contributed by atoms with Crippen LogP contribution in [-0.4, -0.2) is 17.5 Å². The molecule has 2 aliphatic rings. The van der Waals surface area contributed by atoms with Gasteiger partial charge in [0.2, 0.25) is 0 Å². The molecule has 0 spiro atoms. The number of alkyl halides is 1. The zero-order chi connectivity index (χ0) is 6.27. The fraction of sp³-hybridized carbons (Fsp3) is 1.00. The van der Waals surface area contributed by atoms with Gasteiger partial charge in [0, 0.05) is 5.33 Å². The lowest BCUT2D eigenvalue weighted by atomic mass is 9.91. The van der Waals surface area contributed by atoms with Gasteiger partial charge in [-0.15, -0.1) is 0 Å². The molecule has 1 aliphatic carbocycles. The molecule has 2 rings (SSSR count). The normalized spacial score (nSPS) is 48.3. The number of hydrogen-bond donors (Lipinski definition) is 0. The molecule has 0 amide bonds. The van der Waals surface area contributed by atoms with Gasteiger partial charge in [-0.25, -0.2) is 0 Å². The molecule has 1 aliphatic heterocycles. The minimum absolute atomic E-state index is 0.637. The Morgan fingerprint density at radius 3 is 3.00 bits per heavy atom. The molecule has 2 heteroatoms. The predicted molar refractivity (Wildman–Crippen MR) is 39.8 cm³/mol. The van der Waals surface area contributed by atoms with E-state index >= 15 is 0 Å². The Balaban J connectivity index is 1.93. The topological polar surface area (TPSA) is 12.5 Å². The molecule has 9 heavy (non-hydrogen) atoms. The second-order valence-electron chi connectivity index (χ2n) is 2.98. The zero-order valence-corrected chi connectivity index (χ0v) is 6.93. The van der Waals surface area contributed by atoms with Crippen molar-refractivity contribution >= 4 is 15.9 Å². The van der Waals surface area contributed by atoms with Crippen LogP contribution in [0.3, 0.4) is 0 Å². The van der Waals surface area contributed by atoms with E-state index < -0.39 is 0 Å². The van der Waals surface area contributed by atoms with Gasteiger partial charge in [-0.3, -0.25) is 0 Å². The molecule has 0 radical (unpaired) electrons. The maximum atomic E-state index is 5.45. The van der Waals surface area contributed by atoms with Crippen molar-refractivity contribution in [2.75, 3.05) is 5.33 Å². The standard InChI is InChI=1S/C7H11BrO/c8-4-5-2-1-3-6-7(5)9-6/h5-7H,1-4H2/t5?,6-,7+/m1/s1. The van der Waals surface area contributed by atoms with Gasteiger partial charge in [0.25, 0.3) is 0 Å². The van der Waals surface area contributed by atoms with Gasteiger partial charge in [-0.05, 0) is 18.8 Å². The monoisotopic (exact) mass is 190 g/mol. The highest BCUT2D eigenvalue weighted by Crippen LogP contribution is 2.41. The summed E-state index contributed by atoms with van der Waals surface area (Å²) in [5, 5.41) is 1.13. The molecule has 2 fully saturated rings. The van der Waals surface area contributed by atoms with Crippen molar-refractivity contribution in [1.29, 1.82) is 0 Å². The molecule has 1 saturated carbocycles. The van der Waals surface area contributed by atoms with E-state index in [1.54, 1.807) is 0 Å². The average molecular weight is 191 g/mol. The molecule has 0 N–H and O–H groups in total. The van der Waals surface area contributed by atoms with Gasteiger partial charge in [0.05, 0.1) is 12.2 Å². The maximum absolute atomic E-state index is 5.45. The first-order valence-corrected chi connectivity index (χ1v) is 4.75. The van der Waals surface area contributed by atoms with E-state index in [1.165, 1.54) is 19.3 Å². The molecule has 0 aromatic heterocycles. The van der Waals surface area contributed by atoms with E-state index in [0.717, 1.165) is 11.2 Å². The van der Waals surface area contributed by atoms with Crippen LogP contribution >= 0.6 is 15.9 Å². The molecular weight excluding hydrogens is 180 g/mol. The third kappa shape index (κ3) is 1.03. The summed E-state index contributed by atoms with van der Waals surface area (Å²) in [6.07, 6.45) is 5.34. The number of fused-ring (bicyclic) bond motifs is 1. The van der Waals surface area contributed by atoms with Gasteiger partial charge in [0.15, 0.2) is 0 Å². The zero-order valence-electron chi connectivity index (χ0n) is 5.35. The number of halogens is 1. The molecule has 1 unspecified atom stereocenters. The molecule has 3 atom stereocenters. The predicted octanol–water partition coefficient (Wildman–Crippen LogP) is 1.95. The van der Waals surface area contributed by atoms with E-state index in [-0.39, 0.29) is 0 Å². The van der Waals surface area contributed by atoms with Crippen LogP contribution in [0.2, 0.25) is 0 Å². The molecule has 1 saturated heterocycles. The van der Waals surface area contributed by atoms with Crippen molar-refractivity contribution in [2.45, 2.75) is 31.5 Å². The van der Waals surface area contributed by atoms with Crippen molar-refractivity contribution in [3.05, 3.63) is 0 Å². The van der Waals surface area contributed by atoms with Crippen LogP contribution in [0.4, 0.5) is 0 Å². The van der Waals surface area contributed by atoms with E-state index in [0.29, 0.717) is 12.2 Å². The van der Waals surface area contributed by atoms with Gasteiger partial charge in [-0.1, -0.05) is 22.4 Å². The van der Waals surface area contributed by atoms with Crippen LogP contribution in [0.5, 0.6) is 0 Å². The van der Waals surface area contributed by atoms with E-state index in [9.17, 15) is 0 Å². The summed E-state index contributed by atoms with van der Waals surface area (Å²) in [5.74, 6) is 0.823. The Morgan fingerprint density at radius 2 is 2.33 bits per heavy atom. The summed E-state index contributed by atoms with van der Waals surface area (Å²) in [4.78, 5) is 0. The van der Waals surface area contributed by atoms with Gasteiger partial charge >= 0.3 is 0 Å². The fourth-order valence-electron chi connectivity index (χ4n) is 1.71. The summed E-state index contributed by atoms with van der Waals surface area (Å²) >= 11 is 3.50. The number of ether oxygens (including phenoxy) is 1. The Hall–Kier alpha value is 0.440. The first kappa shape index (κ1) is 6.17. The molecule has 0 bridgehead atoms. The molecule has 1 heterocycles. The number of hydrogen-bond acceptors (Lipinski definition) is 1. The average Bonchev–Trinajstić information content (AvgIpc) is 2.64. The van der Waals surface area contributed by atoms with Crippen molar-refractivity contribution in [1.82, 2.24) is 0 Å². The highest BCUT2D eigenvalue weighted by atomic mass is 79.9. The molecule has 1 nitrogen and oxygen atoms in total. The molecule has 0 aromatic carbocycles. The van der Waals surface area contributed by atoms with Crippen LogP contribution in [0.25, 0.3) is 0 Å². The summed E-state index contributed by atoms with van der Waals surface area (Å²) in [6.45, 7) is 0. The summed E-state index contributed by atoms with van der Waals surface area (Å²) < 4.78 is 5.45. The lowest BCUT2D eigenvalue weighted by Crippen LogP contribution is -2.16. The third-order valence-corrected chi connectivity index (χ3v) is 3.18. The maximum Gasteiger partial charge on any atom is 0.0877 e. The van der Waals surface area contributed by atoms with Crippen molar-refractivity contribution < 1.29 is 4.74 Å². The fourth-order valence-corrected chi connectivity index (χ4v) is 2.41. The quantitative estimate of drug-likeness (QED) is 0.455. The molecule has 0 aromatic rings. The Morgan fingerprint density at radius 1 is 1.44 bits per heavy atom. The van der Waals surface area contributed by atoms with Gasteiger partial charge in [-0.2, -0.15) is 0 Å². The second kappa shape index (κ2) is 2.24. The molecule has 52 valence electrons. The third-order valence-electron chi connectivity index (χ3n) is 2.35. The van der Waals surface area contributed by atoms with Crippen molar-refractivity contribution in [3.63, 3.8) is 0 Å². The minimum atomic E-state index is 0.637. The number of epoxide rings is 1. The summed E-state index contributed by atoms with van der Waals surface area (Å²) in [6, 6.07) is 0. The number of rotatable bonds is 1. The summed E-state index contributed by atoms with van der Waals surface area (Å²) in [7, 11) is 0. The van der Waals surface area contributed by atoms with Gasteiger partial charge < -0.3 is 4.74 Å². The van der Waals surface area contributed by atoms with E-state index in [4.69, 9.17) is 4.74 Å². The highest BCUT2D eigenvalue weighted by molar-refractivity contribution is 9.09. The Bertz CT molecular complexity index is 115. The Labute approximate surface area is 63.9 Å². The van der Waals surface area contributed by atoms with Crippen LogP contribution in [0.15, 0.2) is 0 Å². The van der Waals surface area contributed by atoms with Crippen LogP contribution in [-0.2, 0) is 4.74 Å². The smallest absolute Gasteiger partial charge is 0.0877 e. The SMILES string of the molecule is BrCC1CCC[C@H]2O[C@@H]12.